The molecule has 8 heteroatoms. The number of amides is 1. The fraction of sp³-hybridized carbons (Fsp3) is 0.294. The van der Waals surface area contributed by atoms with Gasteiger partial charge in [0.1, 0.15) is 12.6 Å². The lowest BCUT2D eigenvalue weighted by molar-refractivity contribution is -0.131. The lowest BCUT2D eigenvalue weighted by Crippen LogP contribution is -2.35. The van der Waals surface area contributed by atoms with Gasteiger partial charge < -0.3 is 14.1 Å². The molecule has 4 rings (SSSR count). The van der Waals surface area contributed by atoms with Crippen molar-refractivity contribution in [2.45, 2.75) is 19.1 Å². The number of carbonyl (C=O) groups excluding carboxylic acids is 1. The van der Waals surface area contributed by atoms with Crippen molar-refractivity contribution in [3.63, 3.8) is 0 Å². The number of aromatic nitrogens is 3. The maximum Gasteiger partial charge on any atom is 0.420 e. The zero-order valence-corrected chi connectivity index (χ0v) is 13.4. The first-order chi connectivity index (χ1) is 12.2. The molecule has 1 saturated heterocycles. The molecule has 8 nitrogen and oxygen atoms in total. The molecule has 3 aromatic rings. The van der Waals surface area contributed by atoms with E-state index in [0.717, 1.165) is 0 Å². The van der Waals surface area contributed by atoms with Crippen LogP contribution in [-0.4, -0.2) is 44.8 Å². The van der Waals surface area contributed by atoms with Crippen LogP contribution in [0.2, 0.25) is 0 Å². The Kier molecular flexibility index (Phi) is 3.93. The lowest BCUT2D eigenvalue weighted by Gasteiger charge is -2.17. The third-order valence-electron chi connectivity index (χ3n) is 4.20. The number of ether oxygens (including phenoxy) is 1. The van der Waals surface area contributed by atoms with Crippen molar-refractivity contribution in [1.29, 1.82) is 0 Å². The van der Waals surface area contributed by atoms with Crippen LogP contribution in [0.15, 0.2) is 51.8 Å². The smallest absolute Gasteiger partial charge is 0.420 e. The highest BCUT2D eigenvalue weighted by Crippen LogP contribution is 2.17. The predicted molar refractivity (Wildman–Crippen MR) is 88.1 cm³/mol. The van der Waals surface area contributed by atoms with Gasteiger partial charge in [-0.15, -0.1) is 5.10 Å². The average molecular weight is 340 g/mol. The second-order valence-electron chi connectivity index (χ2n) is 5.85. The van der Waals surface area contributed by atoms with E-state index in [1.807, 2.05) is 0 Å². The summed E-state index contributed by atoms with van der Waals surface area (Å²) in [5.74, 6) is -0.223. The van der Waals surface area contributed by atoms with Crippen molar-refractivity contribution < 1.29 is 13.9 Å². The zero-order valence-electron chi connectivity index (χ0n) is 13.4. The Labute approximate surface area is 142 Å². The van der Waals surface area contributed by atoms with E-state index in [-0.39, 0.29) is 18.6 Å². The second-order valence-corrected chi connectivity index (χ2v) is 5.85. The van der Waals surface area contributed by atoms with Crippen LogP contribution in [0, 0.1) is 0 Å². The molecule has 0 bridgehead atoms. The molecule has 3 heterocycles. The van der Waals surface area contributed by atoms with Gasteiger partial charge in [0.25, 0.3) is 0 Å². The van der Waals surface area contributed by atoms with Crippen LogP contribution < -0.4 is 10.5 Å². The van der Waals surface area contributed by atoms with Crippen molar-refractivity contribution in [3.05, 3.63) is 53.1 Å². The van der Waals surface area contributed by atoms with E-state index in [4.69, 9.17) is 9.15 Å². The molecule has 0 aliphatic carbocycles. The maximum absolute atomic E-state index is 12.5. The van der Waals surface area contributed by atoms with Crippen LogP contribution >= 0.6 is 0 Å². The van der Waals surface area contributed by atoms with E-state index in [1.54, 1.807) is 47.5 Å². The number of para-hydroxylation sites is 2. The molecule has 2 aromatic heterocycles. The molecule has 128 valence electrons. The minimum atomic E-state index is -0.527. The summed E-state index contributed by atoms with van der Waals surface area (Å²) >= 11 is 0. The first-order valence-corrected chi connectivity index (χ1v) is 8.01. The van der Waals surface area contributed by atoms with Crippen LogP contribution in [-0.2, 0) is 11.3 Å². The van der Waals surface area contributed by atoms with E-state index < -0.39 is 5.76 Å². The molecule has 1 unspecified atom stereocenters. The van der Waals surface area contributed by atoms with Crippen molar-refractivity contribution in [2.24, 2.45) is 0 Å². The topological polar surface area (TPSA) is 90.5 Å². The van der Waals surface area contributed by atoms with Gasteiger partial charge in [-0.05, 0) is 18.2 Å². The van der Waals surface area contributed by atoms with Gasteiger partial charge in [-0.2, -0.15) is 5.10 Å². The highest BCUT2D eigenvalue weighted by molar-refractivity contribution is 5.79. The number of benzene rings is 1. The summed E-state index contributed by atoms with van der Waals surface area (Å²) in [4.78, 5) is 26.2. The number of nitrogens with zero attached hydrogens (tertiary/aromatic N) is 4. The number of fused-ring (bicyclic) bond motifs is 1. The summed E-state index contributed by atoms with van der Waals surface area (Å²) in [5, 5.41) is 7.65. The fourth-order valence-corrected chi connectivity index (χ4v) is 2.97. The number of hydrogen-bond acceptors (Lipinski definition) is 6. The summed E-state index contributed by atoms with van der Waals surface area (Å²) in [5.41, 5.74) is 1.10. The van der Waals surface area contributed by atoms with E-state index in [0.29, 0.717) is 36.5 Å². The molecule has 0 spiro atoms. The van der Waals surface area contributed by atoms with Crippen molar-refractivity contribution in [1.82, 2.24) is 19.7 Å². The Morgan fingerprint density at radius 3 is 3.00 bits per heavy atom. The summed E-state index contributed by atoms with van der Waals surface area (Å²) < 4.78 is 12.2. The standard InChI is InChI=1S/C17H16N4O4/c22-16(11-21-13-4-1-2-5-14(13)25-17(21)23)20-9-7-12(10-20)24-15-6-3-8-18-19-15/h1-6,8,12H,7,9-11H2. The Bertz CT molecular complexity index is 950. The molecule has 0 radical (unpaired) electrons. The first kappa shape index (κ1) is 15.4. The molecule has 1 atom stereocenters. The molecule has 1 aliphatic rings. The second kappa shape index (κ2) is 6.39. The highest BCUT2D eigenvalue weighted by atomic mass is 16.5. The lowest BCUT2D eigenvalue weighted by atomic mass is 10.3. The molecule has 1 aromatic carbocycles. The van der Waals surface area contributed by atoms with Crippen LogP contribution in [0.25, 0.3) is 11.1 Å². The Morgan fingerprint density at radius 1 is 1.28 bits per heavy atom. The summed E-state index contributed by atoms with van der Waals surface area (Å²) in [6.45, 7) is 0.988. The Hall–Kier alpha value is -3.16. The van der Waals surface area contributed by atoms with Crippen molar-refractivity contribution >= 4 is 17.0 Å². The van der Waals surface area contributed by atoms with Crippen LogP contribution in [0.3, 0.4) is 0 Å². The van der Waals surface area contributed by atoms with Crippen molar-refractivity contribution in [2.75, 3.05) is 13.1 Å². The van der Waals surface area contributed by atoms with Gasteiger partial charge in [0, 0.05) is 25.2 Å². The van der Waals surface area contributed by atoms with E-state index in [2.05, 4.69) is 10.2 Å². The van der Waals surface area contributed by atoms with Crippen LogP contribution in [0.5, 0.6) is 5.88 Å². The zero-order chi connectivity index (χ0) is 17.2. The average Bonchev–Trinajstić information content (AvgIpc) is 3.21. The van der Waals surface area contributed by atoms with Crippen LogP contribution in [0.1, 0.15) is 6.42 Å². The maximum atomic E-state index is 12.5. The quantitative estimate of drug-likeness (QED) is 0.705. The van der Waals surface area contributed by atoms with E-state index in [9.17, 15) is 9.59 Å². The van der Waals surface area contributed by atoms with Crippen molar-refractivity contribution in [3.8, 4) is 5.88 Å². The molecule has 1 aliphatic heterocycles. The number of rotatable bonds is 4. The Morgan fingerprint density at radius 2 is 2.16 bits per heavy atom. The number of hydrogen-bond donors (Lipinski definition) is 0. The fourth-order valence-electron chi connectivity index (χ4n) is 2.97. The van der Waals surface area contributed by atoms with Gasteiger partial charge in [0.15, 0.2) is 5.58 Å². The monoisotopic (exact) mass is 340 g/mol. The van der Waals surface area contributed by atoms with Gasteiger partial charge in [-0.3, -0.25) is 9.36 Å². The predicted octanol–water partition coefficient (Wildman–Crippen LogP) is 1.06. The van der Waals surface area contributed by atoms with Gasteiger partial charge >= 0.3 is 5.76 Å². The first-order valence-electron chi connectivity index (χ1n) is 8.01. The summed E-state index contributed by atoms with van der Waals surface area (Å²) in [7, 11) is 0. The largest absolute Gasteiger partial charge is 0.471 e. The van der Waals surface area contributed by atoms with Crippen LogP contribution in [0.4, 0.5) is 0 Å². The molecule has 0 N–H and O–H groups in total. The van der Waals surface area contributed by atoms with Gasteiger partial charge in [0.2, 0.25) is 11.8 Å². The molecule has 25 heavy (non-hydrogen) atoms. The number of likely N-dealkylation sites (tertiary alicyclic amines) is 1. The third kappa shape index (κ3) is 3.10. The van der Waals surface area contributed by atoms with Gasteiger partial charge in [-0.25, -0.2) is 4.79 Å². The SMILES string of the molecule is O=C(Cn1c(=O)oc2ccccc21)N1CCC(Oc2cccnn2)C1. The highest BCUT2D eigenvalue weighted by Gasteiger charge is 2.28. The molecule has 0 saturated carbocycles. The third-order valence-corrected chi connectivity index (χ3v) is 4.20. The summed E-state index contributed by atoms with van der Waals surface area (Å²) in [6.07, 6.45) is 2.16. The Balaban J connectivity index is 1.43. The van der Waals surface area contributed by atoms with Gasteiger partial charge in [0.05, 0.1) is 12.1 Å². The number of oxazole rings is 1. The van der Waals surface area contributed by atoms with E-state index >= 15 is 0 Å². The molecular formula is C17H16N4O4. The van der Waals surface area contributed by atoms with E-state index in [1.165, 1.54) is 4.57 Å². The summed E-state index contributed by atoms with van der Waals surface area (Å²) in [6, 6.07) is 10.5. The molecule has 1 fully saturated rings. The normalized spacial score (nSPS) is 17.1. The van der Waals surface area contributed by atoms with Gasteiger partial charge in [-0.1, -0.05) is 12.1 Å². The molecule has 1 amide bonds. The molecular weight excluding hydrogens is 324 g/mol. The number of carbonyl (C=O) groups is 1. The minimum Gasteiger partial charge on any atom is -0.471 e. The minimum absolute atomic E-state index is 0.0479.